The number of hydrogen-bond donors (Lipinski definition) is 2. The molecule has 0 aliphatic heterocycles. The first kappa shape index (κ1) is 20.2. The van der Waals surface area contributed by atoms with E-state index in [0.29, 0.717) is 17.8 Å². The fourth-order valence-electron chi connectivity index (χ4n) is 8.30. The average Bonchev–Trinajstić information content (AvgIpc) is 3.50. The minimum absolute atomic E-state index is 0.0161. The largest absolute Gasteiger partial charge is 0.392 e. The van der Waals surface area contributed by atoms with Crippen LogP contribution in [-0.2, 0) is 9.47 Å². The van der Waals surface area contributed by atoms with Crippen LogP contribution < -0.4 is 0 Å². The molecule has 5 rings (SSSR count). The first-order chi connectivity index (χ1) is 13.9. The molecule has 162 valence electrons. The molecule has 5 atom stereocenters. The molecule has 0 saturated heterocycles. The summed E-state index contributed by atoms with van der Waals surface area (Å²) < 4.78 is 11.6. The lowest BCUT2D eigenvalue weighted by molar-refractivity contribution is -0.213. The first-order valence-corrected chi connectivity index (χ1v) is 11.7. The Balaban J connectivity index is 1.46. The van der Waals surface area contributed by atoms with Crippen molar-refractivity contribution in [2.75, 3.05) is 20.8 Å². The molecule has 3 fully saturated rings. The number of allylic oxidation sites excluding steroid dienone is 1. The minimum Gasteiger partial charge on any atom is -0.392 e. The van der Waals surface area contributed by atoms with E-state index in [1.54, 1.807) is 31.4 Å². The van der Waals surface area contributed by atoms with Crippen LogP contribution in [0.4, 0.5) is 0 Å². The maximum Gasteiger partial charge on any atom is 0.171 e. The molecule has 0 aromatic carbocycles. The summed E-state index contributed by atoms with van der Waals surface area (Å²) in [5.74, 6) is 1.54. The van der Waals surface area contributed by atoms with Crippen molar-refractivity contribution >= 4 is 0 Å². The van der Waals surface area contributed by atoms with E-state index >= 15 is 0 Å². The highest BCUT2D eigenvalue weighted by atomic mass is 16.7. The molecule has 4 nitrogen and oxygen atoms in total. The zero-order valence-electron chi connectivity index (χ0n) is 18.4. The molecule has 5 aliphatic rings. The molecule has 3 saturated carbocycles. The minimum atomic E-state index is -0.749. The molecular formula is C25H38O4. The Kier molecular flexibility index (Phi) is 4.65. The van der Waals surface area contributed by atoms with Crippen LogP contribution in [0.25, 0.3) is 0 Å². The molecule has 0 radical (unpaired) electrons. The Morgan fingerprint density at radius 2 is 1.83 bits per heavy atom. The third-order valence-electron chi connectivity index (χ3n) is 10.1. The smallest absolute Gasteiger partial charge is 0.171 e. The van der Waals surface area contributed by atoms with Crippen molar-refractivity contribution in [3.8, 4) is 0 Å². The van der Waals surface area contributed by atoms with Gasteiger partial charge in [-0.15, -0.1) is 0 Å². The second-order valence-corrected chi connectivity index (χ2v) is 10.8. The van der Waals surface area contributed by atoms with Crippen molar-refractivity contribution in [3.05, 3.63) is 23.3 Å². The van der Waals surface area contributed by atoms with E-state index in [2.05, 4.69) is 6.92 Å². The summed E-state index contributed by atoms with van der Waals surface area (Å²) in [7, 11) is 3.56. The number of ether oxygens (including phenoxy) is 2. The zero-order chi connectivity index (χ0) is 20.5. The van der Waals surface area contributed by atoms with Gasteiger partial charge in [0.15, 0.2) is 5.79 Å². The van der Waals surface area contributed by atoms with Gasteiger partial charge in [-0.3, -0.25) is 0 Å². The van der Waals surface area contributed by atoms with Crippen LogP contribution in [0.2, 0.25) is 0 Å². The van der Waals surface area contributed by atoms with Gasteiger partial charge in [-0.2, -0.15) is 0 Å². The molecule has 5 unspecified atom stereocenters. The Morgan fingerprint density at radius 1 is 1.07 bits per heavy atom. The Bertz CT molecular complexity index is 731. The Hall–Kier alpha value is -0.680. The van der Waals surface area contributed by atoms with Crippen LogP contribution >= 0.6 is 0 Å². The first-order valence-electron chi connectivity index (χ1n) is 11.7. The summed E-state index contributed by atoms with van der Waals surface area (Å²) in [5.41, 5.74) is 2.56. The quantitative estimate of drug-likeness (QED) is 0.542. The lowest BCUT2D eigenvalue weighted by Gasteiger charge is -2.54. The van der Waals surface area contributed by atoms with Crippen LogP contribution in [0.5, 0.6) is 0 Å². The van der Waals surface area contributed by atoms with Gasteiger partial charge < -0.3 is 19.7 Å². The van der Waals surface area contributed by atoms with E-state index in [1.807, 2.05) is 6.08 Å². The number of aliphatic hydroxyl groups is 2. The molecule has 29 heavy (non-hydrogen) atoms. The van der Waals surface area contributed by atoms with Gasteiger partial charge >= 0.3 is 0 Å². The van der Waals surface area contributed by atoms with Crippen molar-refractivity contribution in [1.29, 1.82) is 0 Å². The summed E-state index contributed by atoms with van der Waals surface area (Å²) in [6.45, 7) is 2.37. The van der Waals surface area contributed by atoms with Crippen LogP contribution in [0.1, 0.15) is 71.1 Å². The summed E-state index contributed by atoms with van der Waals surface area (Å²) in [6, 6.07) is 0. The molecular weight excluding hydrogens is 364 g/mol. The highest BCUT2D eigenvalue weighted by molar-refractivity contribution is 5.34. The van der Waals surface area contributed by atoms with Crippen molar-refractivity contribution in [3.63, 3.8) is 0 Å². The van der Waals surface area contributed by atoms with E-state index in [4.69, 9.17) is 9.47 Å². The van der Waals surface area contributed by atoms with Gasteiger partial charge in [0.2, 0.25) is 0 Å². The molecule has 0 aromatic heterocycles. The lowest BCUT2D eigenvalue weighted by Crippen LogP contribution is -2.53. The third kappa shape index (κ3) is 2.58. The monoisotopic (exact) mass is 402 g/mol. The predicted octanol–water partition coefficient (Wildman–Crippen LogP) is 4.36. The molecule has 1 spiro atoms. The molecule has 0 heterocycles. The Morgan fingerprint density at radius 3 is 2.48 bits per heavy atom. The molecule has 0 bridgehead atoms. The van der Waals surface area contributed by atoms with E-state index in [1.165, 1.54) is 19.3 Å². The van der Waals surface area contributed by atoms with E-state index in [0.717, 1.165) is 44.9 Å². The van der Waals surface area contributed by atoms with E-state index in [-0.39, 0.29) is 17.4 Å². The zero-order valence-corrected chi connectivity index (χ0v) is 18.4. The van der Waals surface area contributed by atoms with Gasteiger partial charge in [0.1, 0.15) is 0 Å². The third-order valence-corrected chi connectivity index (χ3v) is 10.1. The second-order valence-electron chi connectivity index (χ2n) is 10.8. The molecule has 4 heteroatoms. The van der Waals surface area contributed by atoms with Gasteiger partial charge in [0.25, 0.3) is 0 Å². The van der Waals surface area contributed by atoms with Crippen molar-refractivity contribution in [1.82, 2.24) is 0 Å². The van der Waals surface area contributed by atoms with Crippen LogP contribution in [-0.4, -0.2) is 42.4 Å². The van der Waals surface area contributed by atoms with E-state index < -0.39 is 11.4 Å². The highest BCUT2D eigenvalue weighted by Gasteiger charge is 2.74. The number of hydrogen-bond acceptors (Lipinski definition) is 4. The fraction of sp³-hybridized carbons (Fsp3) is 0.840. The topological polar surface area (TPSA) is 58.9 Å². The van der Waals surface area contributed by atoms with Crippen LogP contribution in [0, 0.1) is 28.6 Å². The predicted molar refractivity (Wildman–Crippen MR) is 112 cm³/mol. The summed E-state index contributed by atoms with van der Waals surface area (Å²) in [6.07, 6.45) is 14.9. The van der Waals surface area contributed by atoms with Crippen LogP contribution in [0.15, 0.2) is 23.3 Å². The van der Waals surface area contributed by atoms with Crippen molar-refractivity contribution in [2.24, 2.45) is 28.6 Å². The normalized spacial score (nSPS) is 44.7. The van der Waals surface area contributed by atoms with E-state index in [9.17, 15) is 10.2 Å². The summed E-state index contributed by atoms with van der Waals surface area (Å²) >= 11 is 0. The lowest BCUT2D eigenvalue weighted by atomic mass is 9.52. The SMILES string of the molecule is COC1(OC)CCC2=C(CCC3C2CCC2(C)C3CC3(CC3)C2(O)/C=C\CO)C1. The van der Waals surface area contributed by atoms with Crippen LogP contribution in [0.3, 0.4) is 0 Å². The van der Waals surface area contributed by atoms with Gasteiger partial charge in [-0.05, 0) is 69.1 Å². The standard InChI is InChI=1S/C25H38O4/c1-22-10-7-19-18-8-11-24(28-2,29-3)15-17(18)5-6-20(19)21(22)16-23(12-13-23)25(22,27)9-4-14-26/h4,9,19-21,26-27H,5-8,10-16H2,1-3H3/b9-4-. The summed E-state index contributed by atoms with van der Waals surface area (Å²) in [4.78, 5) is 0. The molecule has 5 aliphatic carbocycles. The highest BCUT2D eigenvalue weighted by Crippen LogP contribution is 2.76. The molecule has 0 amide bonds. The van der Waals surface area contributed by atoms with Crippen molar-refractivity contribution < 1.29 is 19.7 Å². The van der Waals surface area contributed by atoms with Crippen molar-refractivity contribution in [2.45, 2.75) is 82.5 Å². The second kappa shape index (κ2) is 6.66. The summed E-state index contributed by atoms with van der Waals surface area (Å²) in [5, 5.41) is 21.4. The number of fused-ring (bicyclic) bond motifs is 4. The average molecular weight is 403 g/mol. The van der Waals surface area contributed by atoms with Gasteiger partial charge in [-0.25, -0.2) is 0 Å². The maximum atomic E-state index is 12.0. The maximum absolute atomic E-state index is 12.0. The number of aliphatic hydroxyl groups excluding tert-OH is 1. The number of methoxy groups -OCH3 is 2. The Labute approximate surface area is 175 Å². The van der Waals surface area contributed by atoms with Gasteiger partial charge in [0.05, 0.1) is 12.2 Å². The van der Waals surface area contributed by atoms with Gasteiger partial charge in [0, 0.05) is 37.9 Å². The molecule has 2 N–H and O–H groups in total. The fourth-order valence-corrected chi connectivity index (χ4v) is 8.30. The number of rotatable bonds is 4. The molecule has 0 aromatic rings. The van der Waals surface area contributed by atoms with Gasteiger partial charge in [-0.1, -0.05) is 30.2 Å².